The summed E-state index contributed by atoms with van der Waals surface area (Å²) in [5.41, 5.74) is -0.487. The highest BCUT2D eigenvalue weighted by atomic mass is 32.1. The van der Waals surface area contributed by atoms with Gasteiger partial charge in [-0.05, 0) is 43.6 Å². The highest BCUT2D eigenvalue weighted by molar-refractivity contribution is 7.12. The lowest BCUT2D eigenvalue weighted by Gasteiger charge is -2.37. The number of hydrogen-bond acceptors (Lipinski definition) is 4. The maximum absolute atomic E-state index is 13.0. The van der Waals surface area contributed by atoms with Crippen LogP contribution in [0.3, 0.4) is 0 Å². The van der Waals surface area contributed by atoms with E-state index in [1.165, 1.54) is 24.2 Å². The van der Waals surface area contributed by atoms with Gasteiger partial charge in [0.2, 0.25) is 11.8 Å². The first-order valence-corrected chi connectivity index (χ1v) is 10.8. The van der Waals surface area contributed by atoms with Crippen LogP contribution in [0.25, 0.3) is 0 Å². The highest BCUT2D eigenvalue weighted by Crippen LogP contribution is 2.44. The molecule has 1 aromatic rings. The second kappa shape index (κ2) is 7.26. The first kappa shape index (κ1) is 18.5. The number of amides is 3. The summed E-state index contributed by atoms with van der Waals surface area (Å²) in [5.74, 6) is 0.109. The standard InChI is InChI=1S/C20H27N3O3S/c1-22-15(17(24)21-14-5-2-3-6-14)13-20(19(22)26)8-10-23(11-9-20)18(25)16-7-4-12-27-16/h4,7,12,14-15H,2-3,5-6,8-11,13H2,1H3,(H,21,24). The average Bonchev–Trinajstić information content (AvgIpc) is 3.42. The van der Waals surface area contributed by atoms with Crippen molar-refractivity contribution in [1.82, 2.24) is 15.1 Å². The highest BCUT2D eigenvalue weighted by Gasteiger charge is 2.53. The zero-order chi connectivity index (χ0) is 19.0. The number of nitrogens with one attached hydrogen (secondary N) is 1. The minimum absolute atomic E-state index is 0.00767. The Morgan fingerprint density at radius 2 is 1.93 bits per heavy atom. The van der Waals surface area contributed by atoms with Gasteiger partial charge < -0.3 is 15.1 Å². The first-order chi connectivity index (χ1) is 13.0. The molecule has 1 saturated carbocycles. The summed E-state index contributed by atoms with van der Waals surface area (Å²) in [6.07, 6.45) is 6.27. The van der Waals surface area contributed by atoms with Crippen LogP contribution in [-0.4, -0.2) is 59.7 Å². The molecule has 3 aliphatic rings. The normalized spacial score (nSPS) is 25.4. The Morgan fingerprint density at radius 1 is 1.22 bits per heavy atom. The Hall–Kier alpha value is -1.89. The molecule has 1 unspecified atom stereocenters. The van der Waals surface area contributed by atoms with E-state index in [1.54, 1.807) is 11.9 Å². The molecule has 3 amide bonds. The summed E-state index contributed by atoms with van der Waals surface area (Å²) >= 11 is 1.45. The van der Waals surface area contributed by atoms with Crippen molar-refractivity contribution in [1.29, 1.82) is 0 Å². The maximum atomic E-state index is 13.0. The monoisotopic (exact) mass is 389 g/mol. The van der Waals surface area contributed by atoms with Crippen molar-refractivity contribution in [3.8, 4) is 0 Å². The number of likely N-dealkylation sites (tertiary alicyclic amines) is 2. The van der Waals surface area contributed by atoms with E-state index >= 15 is 0 Å². The van der Waals surface area contributed by atoms with Crippen LogP contribution in [0.2, 0.25) is 0 Å². The van der Waals surface area contributed by atoms with E-state index in [4.69, 9.17) is 0 Å². The minimum atomic E-state index is -0.487. The third-order valence-corrected chi connectivity index (χ3v) is 7.43. The summed E-state index contributed by atoms with van der Waals surface area (Å²) in [6.45, 7) is 1.15. The number of thiophene rings is 1. The molecule has 0 bridgehead atoms. The SMILES string of the molecule is CN1C(=O)C2(CCN(C(=O)c3cccs3)CC2)CC1C(=O)NC1CCCC1. The summed E-state index contributed by atoms with van der Waals surface area (Å²) in [6, 6.07) is 3.61. The van der Waals surface area contributed by atoms with E-state index in [0.29, 0.717) is 32.4 Å². The summed E-state index contributed by atoms with van der Waals surface area (Å²) in [7, 11) is 1.75. The van der Waals surface area contributed by atoms with Crippen LogP contribution in [0.4, 0.5) is 0 Å². The van der Waals surface area contributed by atoms with Gasteiger partial charge in [0, 0.05) is 26.2 Å². The minimum Gasteiger partial charge on any atom is -0.352 e. The molecule has 1 aliphatic carbocycles. The van der Waals surface area contributed by atoms with Crippen LogP contribution in [0.15, 0.2) is 17.5 Å². The first-order valence-electron chi connectivity index (χ1n) is 9.91. The number of piperidine rings is 1. The van der Waals surface area contributed by atoms with Crippen molar-refractivity contribution >= 4 is 29.1 Å². The van der Waals surface area contributed by atoms with Gasteiger partial charge in [0.25, 0.3) is 5.91 Å². The molecule has 6 nitrogen and oxygen atoms in total. The fraction of sp³-hybridized carbons (Fsp3) is 0.650. The van der Waals surface area contributed by atoms with E-state index < -0.39 is 5.41 Å². The van der Waals surface area contributed by atoms with Gasteiger partial charge in [-0.2, -0.15) is 0 Å². The molecule has 7 heteroatoms. The van der Waals surface area contributed by atoms with Crippen LogP contribution in [-0.2, 0) is 9.59 Å². The molecule has 4 rings (SSSR count). The van der Waals surface area contributed by atoms with Gasteiger partial charge in [-0.15, -0.1) is 11.3 Å². The van der Waals surface area contributed by atoms with E-state index in [1.807, 2.05) is 22.4 Å². The van der Waals surface area contributed by atoms with Gasteiger partial charge in [-0.3, -0.25) is 14.4 Å². The number of likely N-dealkylation sites (N-methyl/N-ethyl adjacent to an activating group) is 1. The number of nitrogens with zero attached hydrogens (tertiary/aromatic N) is 2. The Balaban J connectivity index is 1.39. The fourth-order valence-electron chi connectivity index (χ4n) is 4.86. The zero-order valence-electron chi connectivity index (χ0n) is 15.8. The lowest BCUT2D eigenvalue weighted by atomic mass is 9.76. The van der Waals surface area contributed by atoms with Crippen LogP contribution in [0.1, 0.15) is 54.6 Å². The van der Waals surface area contributed by atoms with Crippen molar-refractivity contribution in [2.24, 2.45) is 5.41 Å². The lowest BCUT2D eigenvalue weighted by molar-refractivity contribution is -0.139. The molecule has 0 radical (unpaired) electrons. The predicted molar refractivity (Wildman–Crippen MR) is 103 cm³/mol. The second-order valence-electron chi connectivity index (χ2n) is 8.18. The lowest BCUT2D eigenvalue weighted by Crippen LogP contribution is -2.46. The van der Waals surface area contributed by atoms with Crippen LogP contribution in [0, 0.1) is 5.41 Å². The third kappa shape index (κ3) is 3.37. The predicted octanol–water partition coefficient (Wildman–Crippen LogP) is 2.26. The summed E-state index contributed by atoms with van der Waals surface area (Å²) in [4.78, 5) is 42.5. The van der Waals surface area contributed by atoms with E-state index in [-0.39, 0.29) is 29.8 Å². The topological polar surface area (TPSA) is 69.7 Å². The Bertz CT molecular complexity index is 719. The van der Waals surface area contributed by atoms with Crippen molar-refractivity contribution < 1.29 is 14.4 Å². The smallest absolute Gasteiger partial charge is 0.263 e. The van der Waals surface area contributed by atoms with E-state index in [2.05, 4.69) is 5.32 Å². The molecule has 1 aromatic heterocycles. The van der Waals surface area contributed by atoms with Crippen molar-refractivity contribution in [3.63, 3.8) is 0 Å². The number of carbonyl (C=O) groups excluding carboxylic acids is 3. The summed E-state index contributed by atoms with van der Waals surface area (Å²) in [5, 5.41) is 5.05. The van der Waals surface area contributed by atoms with Crippen LogP contribution >= 0.6 is 11.3 Å². The largest absolute Gasteiger partial charge is 0.352 e. The molecule has 146 valence electrons. The van der Waals surface area contributed by atoms with Gasteiger partial charge in [0.15, 0.2) is 0 Å². The van der Waals surface area contributed by atoms with Crippen molar-refractivity contribution in [3.05, 3.63) is 22.4 Å². The van der Waals surface area contributed by atoms with E-state index in [9.17, 15) is 14.4 Å². The van der Waals surface area contributed by atoms with Gasteiger partial charge in [-0.25, -0.2) is 0 Å². The van der Waals surface area contributed by atoms with Crippen molar-refractivity contribution in [2.75, 3.05) is 20.1 Å². The molecule has 1 spiro atoms. The molecule has 3 heterocycles. The van der Waals surface area contributed by atoms with Gasteiger partial charge >= 0.3 is 0 Å². The molecular formula is C20H27N3O3S. The third-order valence-electron chi connectivity index (χ3n) is 6.57. The quantitative estimate of drug-likeness (QED) is 0.862. The van der Waals surface area contributed by atoms with Crippen LogP contribution < -0.4 is 5.32 Å². The molecule has 2 saturated heterocycles. The molecule has 27 heavy (non-hydrogen) atoms. The molecule has 0 aromatic carbocycles. The molecule has 3 fully saturated rings. The van der Waals surface area contributed by atoms with E-state index in [0.717, 1.165) is 17.7 Å². The number of rotatable bonds is 3. The molecular weight excluding hydrogens is 362 g/mol. The fourth-order valence-corrected chi connectivity index (χ4v) is 5.55. The second-order valence-corrected chi connectivity index (χ2v) is 9.12. The Morgan fingerprint density at radius 3 is 2.56 bits per heavy atom. The Kier molecular flexibility index (Phi) is 4.97. The molecule has 2 aliphatic heterocycles. The van der Waals surface area contributed by atoms with Gasteiger partial charge in [-0.1, -0.05) is 18.9 Å². The number of hydrogen-bond donors (Lipinski definition) is 1. The average molecular weight is 390 g/mol. The molecule has 1 N–H and O–H groups in total. The van der Waals surface area contributed by atoms with Crippen molar-refractivity contribution in [2.45, 2.75) is 57.0 Å². The van der Waals surface area contributed by atoms with Gasteiger partial charge in [0.05, 0.1) is 10.3 Å². The Labute approximate surface area is 163 Å². The molecule has 1 atom stereocenters. The number of carbonyl (C=O) groups is 3. The van der Waals surface area contributed by atoms with Gasteiger partial charge in [0.1, 0.15) is 6.04 Å². The summed E-state index contributed by atoms with van der Waals surface area (Å²) < 4.78 is 0. The zero-order valence-corrected chi connectivity index (χ0v) is 16.6. The van der Waals surface area contributed by atoms with Crippen LogP contribution in [0.5, 0.6) is 0 Å². The maximum Gasteiger partial charge on any atom is 0.263 e.